The predicted octanol–water partition coefficient (Wildman–Crippen LogP) is 1.84. The summed E-state index contributed by atoms with van der Waals surface area (Å²) in [7, 11) is 0. The second-order valence-corrected chi connectivity index (χ2v) is 2.91. The van der Waals surface area contributed by atoms with E-state index in [0.29, 0.717) is 0 Å². The minimum Gasteiger partial charge on any atom is -0.147 e. The molecule has 0 aromatic carbocycles. The zero-order chi connectivity index (χ0) is 5.98. The monoisotopic (exact) mass is 148 g/mol. The van der Waals surface area contributed by atoms with Gasteiger partial charge in [0.2, 0.25) is 0 Å². The van der Waals surface area contributed by atoms with Gasteiger partial charge in [0.25, 0.3) is 0 Å². The van der Waals surface area contributed by atoms with Gasteiger partial charge in [-0.1, -0.05) is 0 Å². The fourth-order valence-corrected chi connectivity index (χ4v) is 1.04. The van der Waals surface area contributed by atoms with E-state index < -0.39 is 0 Å². The molecule has 0 aliphatic rings. The minimum atomic E-state index is 0.00231. The van der Waals surface area contributed by atoms with Gasteiger partial charge in [0.05, 0.1) is 5.38 Å². The molecule has 0 bridgehead atoms. The predicted molar refractivity (Wildman–Crippen MR) is 34.2 cm³/mol. The molecule has 0 aliphatic carbocycles. The van der Waals surface area contributed by atoms with Crippen LogP contribution in [-0.2, 0) is 0 Å². The molecule has 1 rings (SSSR count). The highest BCUT2D eigenvalue weighted by Gasteiger charge is 2.01. The lowest BCUT2D eigenvalue weighted by Crippen LogP contribution is -1.80. The third-order valence-corrected chi connectivity index (χ3v) is 1.93. The molecule has 0 aliphatic heterocycles. The average Bonchev–Trinajstić information content (AvgIpc) is 2.12. The number of halogens is 1. The summed E-state index contributed by atoms with van der Waals surface area (Å²) in [6, 6.07) is 0. The van der Waals surface area contributed by atoms with E-state index in [9.17, 15) is 0 Å². The van der Waals surface area contributed by atoms with E-state index in [2.05, 4.69) is 10.2 Å². The summed E-state index contributed by atoms with van der Waals surface area (Å²) in [4.78, 5) is 0. The van der Waals surface area contributed by atoms with Crippen molar-refractivity contribution in [2.75, 3.05) is 0 Å². The molecular weight excluding hydrogens is 144 g/mol. The van der Waals surface area contributed by atoms with Gasteiger partial charge in [-0.2, -0.15) is 0 Å². The molecule has 4 heteroatoms. The second-order valence-electron chi connectivity index (χ2n) is 1.39. The molecule has 8 heavy (non-hydrogen) atoms. The van der Waals surface area contributed by atoms with Gasteiger partial charge in [0, 0.05) is 0 Å². The lowest BCUT2D eigenvalue weighted by atomic mass is 10.5. The summed E-state index contributed by atoms with van der Waals surface area (Å²) in [6.45, 7) is 1.88. The molecule has 0 saturated carbocycles. The first-order valence-corrected chi connectivity index (χ1v) is 3.52. The molecule has 44 valence electrons. The Morgan fingerprint density at radius 3 is 2.88 bits per heavy atom. The summed E-state index contributed by atoms with van der Waals surface area (Å²) in [5.41, 5.74) is 1.67. The maximum atomic E-state index is 5.65. The maximum Gasteiger partial charge on any atom is 0.134 e. The van der Waals surface area contributed by atoms with Gasteiger partial charge in [0.15, 0.2) is 0 Å². The summed E-state index contributed by atoms with van der Waals surface area (Å²) in [5.74, 6) is 0. The fraction of sp³-hybridized carbons (Fsp3) is 0.500. The van der Waals surface area contributed by atoms with Crippen molar-refractivity contribution in [2.24, 2.45) is 0 Å². The van der Waals surface area contributed by atoms with E-state index in [1.807, 2.05) is 6.92 Å². The van der Waals surface area contributed by atoms with Crippen LogP contribution in [0.5, 0.6) is 0 Å². The Kier molecular flexibility index (Phi) is 1.81. The van der Waals surface area contributed by atoms with Crippen LogP contribution in [0.3, 0.4) is 0 Å². The van der Waals surface area contributed by atoms with Crippen molar-refractivity contribution in [1.29, 1.82) is 0 Å². The quantitative estimate of drug-likeness (QED) is 0.568. The molecule has 2 nitrogen and oxygen atoms in total. The first-order chi connectivity index (χ1) is 3.80. The van der Waals surface area contributed by atoms with Gasteiger partial charge in [0.1, 0.15) is 10.5 Å². The van der Waals surface area contributed by atoms with E-state index in [1.165, 1.54) is 11.3 Å². The van der Waals surface area contributed by atoms with Crippen molar-refractivity contribution < 1.29 is 0 Å². The molecule has 0 saturated heterocycles. The summed E-state index contributed by atoms with van der Waals surface area (Å²) >= 11 is 7.13. The first kappa shape index (κ1) is 5.98. The Morgan fingerprint density at radius 2 is 2.62 bits per heavy atom. The van der Waals surface area contributed by atoms with Crippen LogP contribution in [0.4, 0.5) is 0 Å². The van der Waals surface area contributed by atoms with Crippen LogP contribution in [0.15, 0.2) is 5.51 Å². The van der Waals surface area contributed by atoms with Gasteiger partial charge in [-0.25, -0.2) is 0 Å². The number of aromatic nitrogens is 2. The number of hydrogen-bond acceptors (Lipinski definition) is 3. The Morgan fingerprint density at radius 1 is 1.88 bits per heavy atom. The van der Waals surface area contributed by atoms with Gasteiger partial charge in [-0.05, 0) is 6.92 Å². The van der Waals surface area contributed by atoms with Crippen LogP contribution in [-0.4, -0.2) is 10.2 Å². The molecule has 0 amide bonds. The SMILES string of the molecule is CC(Cl)c1nncs1. The molecule has 1 unspecified atom stereocenters. The van der Waals surface area contributed by atoms with Crippen molar-refractivity contribution in [3.05, 3.63) is 10.5 Å². The Labute approximate surface area is 56.5 Å². The van der Waals surface area contributed by atoms with Crippen LogP contribution in [0, 0.1) is 0 Å². The maximum absolute atomic E-state index is 5.65. The fourth-order valence-electron chi connectivity index (χ4n) is 0.355. The van der Waals surface area contributed by atoms with Gasteiger partial charge >= 0.3 is 0 Å². The summed E-state index contributed by atoms with van der Waals surface area (Å²) < 4.78 is 0. The topological polar surface area (TPSA) is 25.8 Å². The summed E-state index contributed by atoms with van der Waals surface area (Å²) in [5, 5.41) is 8.26. The zero-order valence-corrected chi connectivity index (χ0v) is 5.91. The Balaban J connectivity index is 2.77. The second kappa shape index (κ2) is 2.42. The lowest BCUT2D eigenvalue weighted by Gasteiger charge is -1.89. The molecule has 0 N–H and O–H groups in total. The molecule has 0 radical (unpaired) electrons. The van der Waals surface area contributed by atoms with Crippen molar-refractivity contribution in [2.45, 2.75) is 12.3 Å². The average molecular weight is 149 g/mol. The van der Waals surface area contributed by atoms with Crippen molar-refractivity contribution in [3.8, 4) is 0 Å². The van der Waals surface area contributed by atoms with Gasteiger partial charge < -0.3 is 0 Å². The number of rotatable bonds is 1. The normalized spacial score (nSPS) is 13.8. The molecule has 1 aromatic heterocycles. The standard InChI is InChI=1S/C4H5ClN2S/c1-3(5)4-7-6-2-8-4/h2-3H,1H3. The molecular formula is C4H5ClN2S. The molecule has 1 heterocycles. The number of nitrogens with zero attached hydrogens (tertiary/aromatic N) is 2. The van der Waals surface area contributed by atoms with Crippen molar-refractivity contribution in [1.82, 2.24) is 10.2 Å². The third kappa shape index (κ3) is 1.17. The van der Waals surface area contributed by atoms with E-state index >= 15 is 0 Å². The van der Waals surface area contributed by atoms with E-state index in [1.54, 1.807) is 5.51 Å². The summed E-state index contributed by atoms with van der Waals surface area (Å²) in [6.07, 6.45) is 0. The Bertz CT molecular complexity index is 149. The lowest BCUT2D eigenvalue weighted by molar-refractivity contribution is 0.960. The molecule has 0 spiro atoms. The molecule has 1 atom stereocenters. The highest BCUT2D eigenvalue weighted by molar-refractivity contribution is 7.09. The van der Waals surface area contributed by atoms with Crippen molar-refractivity contribution in [3.63, 3.8) is 0 Å². The van der Waals surface area contributed by atoms with Gasteiger partial charge in [-0.15, -0.1) is 33.1 Å². The third-order valence-electron chi connectivity index (χ3n) is 0.717. The zero-order valence-electron chi connectivity index (χ0n) is 4.34. The minimum absolute atomic E-state index is 0.00231. The van der Waals surface area contributed by atoms with E-state index in [0.717, 1.165) is 5.01 Å². The van der Waals surface area contributed by atoms with Crippen LogP contribution in [0.2, 0.25) is 0 Å². The van der Waals surface area contributed by atoms with Crippen molar-refractivity contribution >= 4 is 22.9 Å². The molecule has 0 fully saturated rings. The highest BCUT2D eigenvalue weighted by atomic mass is 35.5. The number of hydrogen-bond donors (Lipinski definition) is 0. The van der Waals surface area contributed by atoms with Crippen LogP contribution >= 0.6 is 22.9 Å². The number of alkyl halides is 1. The van der Waals surface area contributed by atoms with Crippen LogP contribution in [0.25, 0.3) is 0 Å². The highest BCUT2D eigenvalue weighted by Crippen LogP contribution is 2.19. The first-order valence-electron chi connectivity index (χ1n) is 2.21. The largest absolute Gasteiger partial charge is 0.147 e. The van der Waals surface area contributed by atoms with E-state index in [4.69, 9.17) is 11.6 Å². The smallest absolute Gasteiger partial charge is 0.134 e. The van der Waals surface area contributed by atoms with E-state index in [-0.39, 0.29) is 5.38 Å². The molecule has 1 aromatic rings. The van der Waals surface area contributed by atoms with Gasteiger partial charge in [-0.3, -0.25) is 0 Å². The Hall–Kier alpha value is -0.150. The van der Waals surface area contributed by atoms with Crippen LogP contribution < -0.4 is 0 Å². The van der Waals surface area contributed by atoms with Crippen LogP contribution in [0.1, 0.15) is 17.3 Å².